The molecular weight excluding hydrogens is 362 g/mol. The Balaban J connectivity index is 1.69. The second kappa shape index (κ2) is 9.80. The summed E-state index contributed by atoms with van der Waals surface area (Å²) in [5.74, 6) is 0.680. The third-order valence-corrected chi connectivity index (χ3v) is 4.51. The van der Waals surface area contributed by atoms with Gasteiger partial charge in [0.25, 0.3) is 0 Å². The molecule has 0 aliphatic carbocycles. The van der Waals surface area contributed by atoms with Gasteiger partial charge in [0.05, 0.1) is 0 Å². The van der Waals surface area contributed by atoms with Crippen LogP contribution in [0.1, 0.15) is 11.3 Å². The van der Waals surface area contributed by atoms with Crippen LogP contribution in [0.25, 0.3) is 11.4 Å². The van der Waals surface area contributed by atoms with Crippen LogP contribution >= 0.6 is 0 Å². The quantitative estimate of drug-likeness (QED) is 0.662. The van der Waals surface area contributed by atoms with Crippen molar-refractivity contribution in [1.29, 1.82) is 0 Å². The van der Waals surface area contributed by atoms with Crippen LogP contribution in [0.4, 0.5) is 10.5 Å². The first-order valence-corrected chi connectivity index (χ1v) is 9.66. The highest BCUT2D eigenvalue weighted by atomic mass is 16.2. The summed E-state index contributed by atoms with van der Waals surface area (Å²) in [6.45, 7) is 3.94. The van der Waals surface area contributed by atoms with Crippen LogP contribution in [0, 0.1) is 6.92 Å². The minimum atomic E-state index is -0.116. The molecule has 2 aromatic carbocycles. The number of amides is 2. The van der Waals surface area contributed by atoms with Crippen LogP contribution in [-0.4, -0.2) is 53.0 Å². The summed E-state index contributed by atoms with van der Waals surface area (Å²) < 4.78 is 0. The average Bonchev–Trinajstić information content (AvgIpc) is 2.72. The first-order chi connectivity index (χ1) is 14.0. The Morgan fingerprint density at radius 2 is 1.69 bits per heavy atom. The van der Waals surface area contributed by atoms with Crippen molar-refractivity contribution in [3.63, 3.8) is 0 Å². The van der Waals surface area contributed by atoms with E-state index >= 15 is 0 Å². The molecular formula is C23H27N5O. The van der Waals surface area contributed by atoms with Crippen molar-refractivity contribution in [3.8, 4) is 11.4 Å². The number of nitrogens with one attached hydrogen (secondary N) is 1. The maximum atomic E-state index is 12.9. The number of rotatable bonds is 7. The van der Waals surface area contributed by atoms with Gasteiger partial charge in [0.15, 0.2) is 5.82 Å². The molecule has 3 rings (SSSR count). The molecule has 2 amide bonds. The van der Waals surface area contributed by atoms with Crippen molar-refractivity contribution in [1.82, 2.24) is 19.8 Å². The number of carbonyl (C=O) groups excluding carboxylic acids is 1. The van der Waals surface area contributed by atoms with Crippen LogP contribution in [0.15, 0.2) is 66.9 Å². The first-order valence-electron chi connectivity index (χ1n) is 9.66. The number of anilines is 1. The molecule has 0 atom stereocenters. The predicted molar refractivity (Wildman–Crippen MR) is 117 cm³/mol. The molecule has 150 valence electrons. The lowest BCUT2D eigenvalue weighted by Gasteiger charge is -2.25. The number of carbonyl (C=O) groups is 1. The van der Waals surface area contributed by atoms with E-state index in [9.17, 15) is 4.79 Å². The summed E-state index contributed by atoms with van der Waals surface area (Å²) >= 11 is 0. The SMILES string of the molecule is Cc1ccnc(-c2ccc(NC(=O)N(CCN(C)C)Cc3ccccc3)cc2)n1. The molecule has 0 bridgehead atoms. The molecule has 29 heavy (non-hydrogen) atoms. The van der Waals surface area contributed by atoms with Gasteiger partial charge in [-0.1, -0.05) is 30.3 Å². The number of aryl methyl sites for hydroxylation is 1. The van der Waals surface area contributed by atoms with Gasteiger partial charge >= 0.3 is 6.03 Å². The van der Waals surface area contributed by atoms with E-state index in [2.05, 4.69) is 20.2 Å². The molecule has 0 aliphatic heterocycles. The molecule has 0 spiro atoms. The van der Waals surface area contributed by atoms with Crippen molar-refractivity contribution >= 4 is 11.7 Å². The summed E-state index contributed by atoms with van der Waals surface area (Å²) in [6.07, 6.45) is 1.75. The molecule has 0 saturated carbocycles. The first kappa shape index (κ1) is 20.5. The summed E-state index contributed by atoms with van der Waals surface area (Å²) in [4.78, 5) is 25.5. The smallest absolute Gasteiger partial charge is 0.319 e. The van der Waals surface area contributed by atoms with Gasteiger partial charge in [0.2, 0.25) is 0 Å². The van der Waals surface area contributed by atoms with E-state index in [1.165, 1.54) is 0 Å². The fourth-order valence-electron chi connectivity index (χ4n) is 2.87. The second-order valence-corrected chi connectivity index (χ2v) is 7.24. The summed E-state index contributed by atoms with van der Waals surface area (Å²) in [7, 11) is 4.01. The zero-order valence-corrected chi connectivity index (χ0v) is 17.2. The minimum Gasteiger partial charge on any atom is -0.319 e. The summed E-state index contributed by atoms with van der Waals surface area (Å²) in [6, 6.07) is 19.4. The van der Waals surface area contributed by atoms with Gasteiger partial charge in [0.1, 0.15) is 0 Å². The topological polar surface area (TPSA) is 61.4 Å². The highest BCUT2D eigenvalue weighted by Crippen LogP contribution is 2.18. The maximum Gasteiger partial charge on any atom is 0.322 e. The lowest BCUT2D eigenvalue weighted by molar-refractivity contribution is 0.202. The van der Waals surface area contributed by atoms with Crippen LogP contribution in [0.3, 0.4) is 0 Å². The van der Waals surface area contributed by atoms with Gasteiger partial charge in [0, 0.05) is 42.8 Å². The monoisotopic (exact) mass is 389 g/mol. The largest absolute Gasteiger partial charge is 0.322 e. The van der Waals surface area contributed by atoms with Gasteiger partial charge < -0.3 is 15.1 Å². The molecule has 0 fully saturated rings. The van der Waals surface area contributed by atoms with Gasteiger partial charge in [-0.15, -0.1) is 0 Å². The lowest BCUT2D eigenvalue weighted by Crippen LogP contribution is -2.39. The average molecular weight is 390 g/mol. The number of likely N-dealkylation sites (N-methyl/N-ethyl adjacent to an activating group) is 1. The predicted octanol–water partition coefficient (Wildman–Crippen LogP) is 4.05. The molecule has 0 saturated heterocycles. The van der Waals surface area contributed by atoms with Crippen molar-refractivity contribution < 1.29 is 4.79 Å². The van der Waals surface area contributed by atoms with Crippen molar-refractivity contribution in [2.45, 2.75) is 13.5 Å². The van der Waals surface area contributed by atoms with E-state index in [-0.39, 0.29) is 6.03 Å². The van der Waals surface area contributed by atoms with E-state index in [0.29, 0.717) is 18.9 Å². The van der Waals surface area contributed by atoms with E-state index in [4.69, 9.17) is 0 Å². The number of nitrogens with zero attached hydrogens (tertiary/aromatic N) is 4. The number of hydrogen-bond donors (Lipinski definition) is 1. The molecule has 0 unspecified atom stereocenters. The highest BCUT2D eigenvalue weighted by Gasteiger charge is 2.14. The van der Waals surface area contributed by atoms with E-state index in [1.54, 1.807) is 6.20 Å². The van der Waals surface area contributed by atoms with Crippen LogP contribution in [0.5, 0.6) is 0 Å². The Kier molecular flexibility index (Phi) is 6.92. The fourth-order valence-corrected chi connectivity index (χ4v) is 2.87. The van der Waals surface area contributed by atoms with Crippen LogP contribution in [-0.2, 0) is 6.54 Å². The summed E-state index contributed by atoms with van der Waals surface area (Å²) in [5, 5.41) is 3.00. The Morgan fingerprint density at radius 1 is 0.966 bits per heavy atom. The fraction of sp³-hybridized carbons (Fsp3) is 0.261. The maximum absolute atomic E-state index is 12.9. The van der Waals surface area contributed by atoms with Gasteiger partial charge in [-0.2, -0.15) is 0 Å². The molecule has 1 N–H and O–H groups in total. The van der Waals surface area contributed by atoms with Crippen LogP contribution < -0.4 is 5.32 Å². The van der Waals surface area contributed by atoms with Crippen molar-refractivity contribution in [3.05, 3.63) is 78.1 Å². The van der Waals surface area contributed by atoms with Gasteiger partial charge in [-0.05, 0) is 56.9 Å². The number of aromatic nitrogens is 2. The standard InChI is InChI=1S/C23H27N5O/c1-18-13-14-24-22(25-18)20-9-11-21(12-10-20)26-23(29)28(16-15-27(2)3)17-19-7-5-4-6-8-19/h4-14H,15-17H2,1-3H3,(H,26,29). The number of hydrogen-bond acceptors (Lipinski definition) is 4. The molecule has 3 aromatic rings. The van der Waals surface area contributed by atoms with Crippen LogP contribution in [0.2, 0.25) is 0 Å². The molecule has 1 aromatic heterocycles. The Bertz CT molecular complexity index is 926. The minimum absolute atomic E-state index is 0.116. The zero-order valence-electron chi connectivity index (χ0n) is 17.2. The molecule has 6 heteroatoms. The Hall–Kier alpha value is -3.25. The van der Waals surface area contributed by atoms with E-state index in [1.807, 2.05) is 86.6 Å². The third kappa shape index (κ3) is 6.12. The Labute approximate surface area is 172 Å². The molecule has 1 heterocycles. The van der Waals surface area contributed by atoms with Gasteiger partial charge in [-0.3, -0.25) is 0 Å². The van der Waals surface area contributed by atoms with Gasteiger partial charge in [-0.25, -0.2) is 14.8 Å². The lowest BCUT2D eigenvalue weighted by atomic mass is 10.2. The normalized spacial score (nSPS) is 10.8. The van der Waals surface area contributed by atoms with E-state index in [0.717, 1.165) is 29.1 Å². The van der Waals surface area contributed by atoms with Crippen molar-refractivity contribution in [2.24, 2.45) is 0 Å². The molecule has 0 radical (unpaired) electrons. The zero-order chi connectivity index (χ0) is 20.6. The molecule has 6 nitrogen and oxygen atoms in total. The highest BCUT2D eigenvalue weighted by molar-refractivity contribution is 5.89. The van der Waals surface area contributed by atoms with Crippen molar-refractivity contribution in [2.75, 3.05) is 32.5 Å². The van der Waals surface area contributed by atoms with E-state index < -0.39 is 0 Å². The molecule has 0 aliphatic rings. The number of benzene rings is 2. The third-order valence-electron chi connectivity index (χ3n) is 4.51. The summed E-state index contributed by atoms with van der Waals surface area (Å²) in [5.41, 5.74) is 3.69. The Morgan fingerprint density at radius 3 is 2.34 bits per heavy atom. The second-order valence-electron chi connectivity index (χ2n) is 7.24. The number of urea groups is 1.